The minimum Gasteiger partial charge on any atom is -0.464 e. The number of fused-ring (bicyclic) bond motifs is 1. The van der Waals surface area contributed by atoms with Gasteiger partial charge in [-0.1, -0.05) is 49.4 Å². The molecular formula is C17H16O. The van der Waals surface area contributed by atoms with Crippen molar-refractivity contribution in [1.82, 2.24) is 0 Å². The smallest absolute Gasteiger partial charge is 0.134 e. The molecule has 0 saturated carbocycles. The molecule has 0 N–H and O–H groups in total. The molecule has 0 unspecified atom stereocenters. The number of furan rings is 1. The summed E-state index contributed by atoms with van der Waals surface area (Å²) in [7, 11) is 0. The van der Waals surface area contributed by atoms with Crippen LogP contribution >= 0.6 is 0 Å². The first-order valence-electron chi connectivity index (χ1n) is 6.39. The second kappa shape index (κ2) is 4.69. The number of para-hydroxylation sites is 1. The van der Waals surface area contributed by atoms with Crippen molar-refractivity contribution >= 4 is 11.0 Å². The summed E-state index contributed by atoms with van der Waals surface area (Å²) in [4.78, 5) is 0. The van der Waals surface area contributed by atoms with E-state index in [2.05, 4.69) is 43.3 Å². The molecule has 1 nitrogen and oxygen atoms in total. The Hall–Kier alpha value is -2.02. The highest BCUT2D eigenvalue weighted by molar-refractivity contribution is 5.81. The van der Waals surface area contributed by atoms with E-state index in [0.717, 1.165) is 18.4 Å². The van der Waals surface area contributed by atoms with Gasteiger partial charge in [-0.05, 0) is 23.6 Å². The average molecular weight is 236 g/mol. The quantitative estimate of drug-likeness (QED) is 0.648. The van der Waals surface area contributed by atoms with Crippen molar-refractivity contribution in [2.75, 3.05) is 0 Å². The van der Waals surface area contributed by atoms with Gasteiger partial charge < -0.3 is 4.42 Å². The third-order valence-corrected chi connectivity index (χ3v) is 3.39. The summed E-state index contributed by atoms with van der Waals surface area (Å²) in [6, 6.07) is 17.0. The molecule has 3 rings (SSSR count). The maximum atomic E-state index is 5.57. The Labute approximate surface area is 107 Å². The predicted octanol–water partition coefficient (Wildman–Crippen LogP) is 4.59. The van der Waals surface area contributed by atoms with Crippen LogP contribution in [-0.4, -0.2) is 0 Å². The fourth-order valence-electron chi connectivity index (χ4n) is 2.28. The van der Waals surface area contributed by atoms with Crippen LogP contribution in [0.3, 0.4) is 0 Å². The van der Waals surface area contributed by atoms with Gasteiger partial charge in [0.1, 0.15) is 5.58 Å². The maximum absolute atomic E-state index is 5.57. The Morgan fingerprint density at radius 3 is 2.39 bits per heavy atom. The standard InChI is InChI=1S/C17H16O/c1-2-13-7-9-14(10-8-13)11-15-12-18-17-6-4-3-5-16(15)17/h3-10,12H,2,11H2,1H3. The molecule has 90 valence electrons. The second-order valence-electron chi connectivity index (χ2n) is 4.60. The zero-order chi connectivity index (χ0) is 12.4. The van der Waals surface area contributed by atoms with Gasteiger partial charge in [0.25, 0.3) is 0 Å². The Kier molecular flexibility index (Phi) is 2.89. The molecule has 1 heteroatoms. The van der Waals surface area contributed by atoms with Crippen molar-refractivity contribution in [1.29, 1.82) is 0 Å². The molecule has 2 aromatic carbocycles. The Morgan fingerprint density at radius 2 is 1.61 bits per heavy atom. The normalized spacial score (nSPS) is 10.9. The molecule has 0 aliphatic heterocycles. The van der Waals surface area contributed by atoms with Crippen LogP contribution in [0, 0.1) is 0 Å². The van der Waals surface area contributed by atoms with Gasteiger partial charge in [0.2, 0.25) is 0 Å². The van der Waals surface area contributed by atoms with Gasteiger partial charge >= 0.3 is 0 Å². The zero-order valence-corrected chi connectivity index (χ0v) is 10.5. The van der Waals surface area contributed by atoms with Gasteiger partial charge in [0.05, 0.1) is 6.26 Å². The van der Waals surface area contributed by atoms with Crippen LogP contribution in [0.1, 0.15) is 23.6 Å². The first kappa shape index (κ1) is 11.1. The summed E-state index contributed by atoms with van der Waals surface area (Å²) < 4.78 is 5.57. The van der Waals surface area contributed by atoms with Crippen LogP contribution in [0.5, 0.6) is 0 Å². The summed E-state index contributed by atoms with van der Waals surface area (Å²) in [6.45, 7) is 2.18. The molecule has 0 amide bonds. The summed E-state index contributed by atoms with van der Waals surface area (Å²) in [5.41, 5.74) is 4.95. The number of rotatable bonds is 3. The largest absolute Gasteiger partial charge is 0.464 e. The molecule has 1 aromatic heterocycles. The van der Waals surface area contributed by atoms with E-state index in [1.807, 2.05) is 18.4 Å². The molecular weight excluding hydrogens is 220 g/mol. The van der Waals surface area contributed by atoms with Crippen molar-refractivity contribution in [2.24, 2.45) is 0 Å². The van der Waals surface area contributed by atoms with Crippen molar-refractivity contribution < 1.29 is 4.42 Å². The van der Waals surface area contributed by atoms with Crippen molar-refractivity contribution in [2.45, 2.75) is 19.8 Å². The zero-order valence-electron chi connectivity index (χ0n) is 10.5. The summed E-state index contributed by atoms with van der Waals surface area (Å²) >= 11 is 0. The van der Waals surface area contributed by atoms with Crippen LogP contribution in [0.4, 0.5) is 0 Å². The van der Waals surface area contributed by atoms with Gasteiger partial charge in [-0.15, -0.1) is 0 Å². The molecule has 0 radical (unpaired) electrons. The lowest BCUT2D eigenvalue weighted by atomic mass is 10.0. The molecule has 0 saturated heterocycles. The van der Waals surface area contributed by atoms with E-state index in [4.69, 9.17) is 4.42 Å². The Morgan fingerprint density at radius 1 is 0.889 bits per heavy atom. The van der Waals surface area contributed by atoms with E-state index in [1.165, 1.54) is 22.1 Å². The van der Waals surface area contributed by atoms with Gasteiger partial charge in [-0.3, -0.25) is 0 Å². The minimum atomic E-state index is 0.932. The predicted molar refractivity (Wildman–Crippen MR) is 74.8 cm³/mol. The second-order valence-corrected chi connectivity index (χ2v) is 4.60. The molecule has 18 heavy (non-hydrogen) atoms. The number of hydrogen-bond donors (Lipinski definition) is 0. The maximum Gasteiger partial charge on any atom is 0.134 e. The summed E-state index contributed by atoms with van der Waals surface area (Å²) in [5.74, 6) is 0. The minimum absolute atomic E-state index is 0.932. The fraction of sp³-hybridized carbons (Fsp3) is 0.176. The lowest BCUT2D eigenvalue weighted by Crippen LogP contribution is -1.87. The van der Waals surface area contributed by atoms with Crippen LogP contribution < -0.4 is 0 Å². The van der Waals surface area contributed by atoms with Crippen LogP contribution in [-0.2, 0) is 12.8 Å². The highest BCUT2D eigenvalue weighted by Crippen LogP contribution is 2.23. The SMILES string of the molecule is CCc1ccc(Cc2coc3ccccc23)cc1. The molecule has 0 aliphatic carbocycles. The highest BCUT2D eigenvalue weighted by Gasteiger charge is 2.05. The first-order valence-corrected chi connectivity index (χ1v) is 6.39. The third kappa shape index (κ3) is 2.04. The molecule has 1 heterocycles. The monoisotopic (exact) mass is 236 g/mol. The molecule has 0 atom stereocenters. The molecule has 0 aliphatic rings. The van der Waals surface area contributed by atoms with E-state index in [0.29, 0.717) is 0 Å². The summed E-state index contributed by atoms with van der Waals surface area (Å²) in [5, 5.41) is 1.22. The fourth-order valence-corrected chi connectivity index (χ4v) is 2.28. The van der Waals surface area contributed by atoms with Crippen LogP contribution in [0.15, 0.2) is 59.2 Å². The third-order valence-electron chi connectivity index (χ3n) is 3.39. The van der Waals surface area contributed by atoms with E-state index in [9.17, 15) is 0 Å². The van der Waals surface area contributed by atoms with Crippen LogP contribution in [0.25, 0.3) is 11.0 Å². The van der Waals surface area contributed by atoms with Gasteiger partial charge in [-0.2, -0.15) is 0 Å². The van der Waals surface area contributed by atoms with Gasteiger partial charge in [0.15, 0.2) is 0 Å². The number of hydrogen-bond acceptors (Lipinski definition) is 1. The van der Waals surface area contributed by atoms with Crippen LogP contribution in [0.2, 0.25) is 0 Å². The Bertz CT molecular complexity index is 647. The van der Waals surface area contributed by atoms with E-state index in [1.54, 1.807) is 0 Å². The van der Waals surface area contributed by atoms with E-state index >= 15 is 0 Å². The first-order chi connectivity index (χ1) is 8.86. The number of aryl methyl sites for hydroxylation is 1. The van der Waals surface area contributed by atoms with E-state index < -0.39 is 0 Å². The van der Waals surface area contributed by atoms with Crippen molar-refractivity contribution in [3.8, 4) is 0 Å². The molecule has 0 fully saturated rings. The highest BCUT2D eigenvalue weighted by atomic mass is 16.3. The van der Waals surface area contributed by atoms with Gasteiger partial charge in [-0.25, -0.2) is 0 Å². The Balaban J connectivity index is 1.91. The lowest BCUT2D eigenvalue weighted by Gasteiger charge is -2.01. The van der Waals surface area contributed by atoms with Gasteiger partial charge in [0, 0.05) is 17.4 Å². The average Bonchev–Trinajstić information content (AvgIpc) is 2.83. The molecule has 0 bridgehead atoms. The topological polar surface area (TPSA) is 13.1 Å². The number of benzene rings is 2. The van der Waals surface area contributed by atoms with Crippen molar-refractivity contribution in [3.05, 3.63) is 71.5 Å². The summed E-state index contributed by atoms with van der Waals surface area (Å²) in [6.07, 6.45) is 3.90. The van der Waals surface area contributed by atoms with E-state index in [-0.39, 0.29) is 0 Å². The van der Waals surface area contributed by atoms with Crippen molar-refractivity contribution in [3.63, 3.8) is 0 Å². The molecule has 0 spiro atoms. The molecule has 3 aromatic rings. The lowest BCUT2D eigenvalue weighted by molar-refractivity contribution is 0.611.